The highest BCUT2D eigenvalue weighted by Crippen LogP contribution is 2.24. The van der Waals surface area contributed by atoms with E-state index in [9.17, 15) is 9.90 Å². The monoisotopic (exact) mass is 376 g/mol. The molecule has 0 unspecified atom stereocenters. The number of aromatic nitrogens is 4. The Hall–Kier alpha value is -4.14. The summed E-state index contributed by atoms with van der Waals surface area (Å²) in [7, 11) is 1.48. The molecule has 0 saturated heterocycles. The number of rotatable bonds is 5. The van der Waals surface area contributed by atoms with Crippen LogP contribution in [-0.4, -0.2) is 37.9 Å². The van der Waals surface area contributed by atoms with Gasteiger partial charge in [0.1, 0.15) is 17.8 Å². The summed E-state index contributed by atoms with van der Waals surface area (Å²) in [5.41, 5.74) is 6.82. The predicted octanol–water partition coefficient (Wildman–Crippen LogP) is 2.29. The van der Waals surface area contributed by atoms with E-state index in [0.29, 0.717) is 22.6 Å². The van der Waals surface area contributed by atoms with Gasteiger partial charge in [0.2, 0.25) is 0 Å². The molecule has 4 rings (SSSR count). The molecular formula is C19H16N6O3. The van der Waals surface area contributed by atoms with E-state index in [2.05, 4.69) is 25.9 Å². The number of nitrogens with one attached hydrogen (secondary N) is 2. The Bertz CT molecular complexity index is 1140. The van der Waals surface area contributed by atoms with Crippen LogP contribution in [0.25, 0.3) is 16.7 Å². The maximum atomic E-state index is 12.4. The van der Waals surface area contributed by atoms with Crippen LogP contribution in [0.4, 0.5) is 5.82 Å². The minimum absolute atomic E-state index is 0.0959. The minimum Gasteiger partial charge on any atom is -0.507 e. The highest BCUT2D eigenvalue weighted by Gasteiger charge is 2.14. The Kier molecular flexibility index (Phi) is 4.47. The third-order valence-corrected chi connectivity index (χ3v) is 4.11. The van der Waals surface area contributed by atoms with Crippen molar-refractivity contribution in [3.8, 4) is 17.2 Å². The van der Waals surface area contributed by atoms with Crippen molar-refractivity contribution in [1.82, 2.24) is 25.2 Å². The van der Waals surface area contributed by atoms with Gasteiger partial charge in [0.25, 0.3) is 5.91 Å². The van der Waals surface area contributed by atoms with Crippen LogP contribution in [0, 0.1) is 0 Å². The number of phenols is 1. The van der Waals surface area contributed by atoms with Crippen LogP contribution in [0.15, 0.2) is 61.1 Å². The van der Waals surface area contributed by atoms with E-state index in [4.69, 9.17) is 4.74 Å². The lowest BCUT2D eigenvalue weighted by molar-refractivity contribution is 0.0960. The van der Waals surface area contributed by atoms with E-state index in [-0.39, 0.29) is 11.3 Å². The van der Waals surface area contributed by atoms with Gasteiger partial charge in [-0.05, 0) is 24.3 Å². The van der Waals surface area contributed by atoms with Crippen molar-refractivity contribution < 1.29 is 14.6 Å². The minimum atomic E-state index is -0.526. The second-order valence-corrected chi connectivity index (χ2v) is 5.81. The first-order chi connectivity index (χ1) is 13.7. The molecule has 0 saturated carbocycles. The molecule has 4 aromatic rings. The molecule has 1 amide bonds. The number of para-hydroxylation sites is 1. The number of amides is 1. The van der Waals surface area contributed by atoms with Gasteiger partial charge in [0.05, 0.1) is 29.9 Å². The topological polar surface area (TPSA) is 114 Å². The van der Waals surface area contributed by atoms with E-state index < -0.39 is 5.91 Å². The number of phenolic OH excluding ortho intramolecular Hbond substituents is 1. The van der Waals surface area contributed by atoms with E-state index in [1.54, 1.807) is 16.9 Å². The van der Waals surface area contributed by atoms with E-state index in [0.717, 1.165) is 5.69 Å². The lowest BCUT2D eigenvalue weighted by atomic mass is 10.2. The van der Waals surface area contributed by atoms with Gasteiger partial charge in [-0.25, -0.2) is 14.6 Å². The number of aromatic hydroxyl groups is 1. The van der Waals surface area contributed by atoms with Crippen molar-refractivity contribution >= 4 is 22.8 Å². The summed E-state index contributed by atoms with van der Waals surface area (Å²) in [6, 6.07) is 14.0. The molecule has 0 radical (unpaired) electrons. The van der Waals surface area contributed by atoms with Crippen molar-refractivity contribution in [2.24, 2.45) is 0 Å². The zero-order chi connectivity index (χ0) is 19.5. The molecule has 2 aromatic carbocycles. The fraction of sp³-hybridized carbons (Fsp3) is 0.0526. The Labute approximate surface area is 159 Å². The van der Waals surface area contributed by atoms with Crippen LogP contribution < -0.4 is 15.6 Å². The molecule has 0 fully saturated rings. The second kappa shape index (κ2) is 7.23. The lowest BCUT2D eigenvalue weighted by Gasteiger charge is -2.10. The van der Waals surface area contributed by atoms with Crippen LogP contribution in [-0.2, 0) is 0 Å². The summed E-state index contributed by atoms with van der Waals surface area (Å²) in [4.78, 5) is 20.8. The Morgan fingerprint density at radius 2 is 1.96 bits per heavy atom. The summed E-state index contributed by atoms with van der Waals surface area (Å²) in [6.45, 7) is 0. The first-order valence-corrected chi connectivity index (χ1v) is 8.35. The molecule has 0 spiro atoms. The van der Waals surface area contributed by atoms with Gasteiger partial charge in [0.15, 0.2) is 11.5 Å². The highest BCUT2D eigenvalue weighted by molar-refractivity contribution is 5.98. The van der Waals surface area contributed by atoms with E-state index >= 15 is 0 Å². The van der Waals surface area contributed by atoms with Gasteiger partial charge in [-0.3, -0.25) is 15.6 Å². The third-order valence-electron chi connectivity index (χ3n) is 4.11. The first kappa shape index (κ1) is 17.3. The average Bonchev–Trinajstić information content (AvgIpc) is 3.17. The van der Waals surface area contributed by atoms with Gasteiger partial charge < -0.3 is 9.84 Å². The molecule has 28 heavy (non-hydrogen) atoms. The van der Waals surface area contributed by atoms with Gasteiger partial charge in [-0.1, -0.05) is 18.2 Å². The molecular weight excluding hydrogens is 360 g/mol. The molecule has 140 valence electrons. The normalized spacial score (nSPS) is 10.6. The number of anilines is 1. The number of carbonyl (C=O) groups is 1. The van der Waals surface area contributed by atoms with Gasteiger partial charge in [-0.15, -0.1) is 0 Å². The van der Waals surface area contributed by atoms with Crippen molar-refractivity contribution in [3.63, 3.8) is 0 Å². The summed E-state index contributed by atoms with van der Waals surface area (Å²) in [6.07, 6.45) is 2.99. The smallest absolute Gasteiger partial charge is 0.273 e. The number of fused-ring (bicyclic) bond motifs is 1. The van der Waals surface area contributed by atoms with Crippen molar-refractivity contribution in [1.29, 1.82) is 0 Å². The molecule has 0 atom stereocenters. The fourth-order valence-electron chi connectivity index (χ4n) is 2.72. The number of carbonyl (C=O) groups excluding carboxylic acids is 1. The number of ether oxygens (including phenoxy) is 1. The first-order valence-electron chi connectivity index (χ1n) is 8.35. The zero-order valence-corrected chi connectivity index (χ0v) is 14.8. The molecule has 9 nitrogen and oxygen atoms in total. The zero-order valence-electron chi connectivity index (χ0n) is 14.8. The number of benzene rings is 2. The quantitative estimate of drug-likeness (QED) is 0.458. The number of hydrazine groups is 1. The van der Waals surface area contributed by atoms with E-state index in [1.165, 1.54) is 25.6 Å². The molecule has 0 aliphatic carbocycles. The average molecular weight is 376 g/mol. The molecule has 3 N–H and O–H groups in total. The van der Waals surface area contributed by atoms with Crippen LogP contribution in [0.1, 0.15) is 10.4 Å². The molecule has 2 aromatic heterocycles. The van der Waals surface area contributed by atoms with Crippen molar-refractivity contribution in [2.45, 2.75) is 0 Å². The number of hydrogen-bond acceptors (Lipinski definition) is 7. The molecule has 2 heterocycles. The van der Waals surface area contributed by atoms with Crippen LogP contribution in [0.3, 0.4) is 0 Å². The van der Waals surface area contributed by atoms with Gasteiger partial charge >= 0.3 is 0 Å². The Morgan fingerprint density at radius 3 is 2.71 bits per heavy atom. The SMILES string of the molecule is COc1ccc(C(=O)NNc2ncnc3c2cnn3-c2ccccc2)c(O)c1. The summed E-state index contributed by atoms with van der Waals surface area (Å²) < 4.78 is 6.69. The van der Waals surface area contributed by atoms with Crippen LogP contribution >= 0.6 is 0 Å². The number of methoxy groups -OCH3 is 1. The van der Waals surface area contributed by atoms with Gasteiger partial charge in [-0.2, -0.15) is 5.10 Å². The van der Waals surface area contributed by atoms with Crippen LogP contribution in [0.5, 0.6) is 11.5 Å². The fourth-order valence-corrected chi connectivity index (χ4v) is 2.72. The summed E-state index contributed by atoms with van der Waals surface area (Å²) in [5, 5.41) is 15.0. The maximum absolute atomic E-state index is 12.4. The number of nitrogens with zero attached hydrogens (tertiary/aromatic N) is 4. The van der Waals surface area contributed by atoms with Gasteiger partial charge in [0, 0.05) is 6.07 Å². The number of hydrogen-bond donors (Lipinski definition) is 3. The predicted molar refractivity (Wildman–Crippen MR) is 102 cm³/mol. The maximum Gasteiger partial charge on any atom is 0.273 e. The molecule has 0 bridgehead atoms. The second-order valence-electron chi connectivity index (χ2n) is 5.81. The molecule has 0 aliphatic rings. The van der Waals surface area contributed by atoms with Crippen LogP contribution in [0.2, 0.25) is 0 Å². The largest absolute Gasteiger partial charge is 0.507 e. The summed E-state index contributed by atoms with van der Waals surface area (Å²) >= 11 is 0. The standard InChI is InChI=1S/C19H16N6O3/c1-28-13-7-8-14(16(26)9-13)19(27)24-23-17-15-10-22-25(18(15)21-11-20-17)12-5-3-2-4-6-12/h2-11,26H,1H3,(H,24,27)(H,20,21,23). The Balaban J connectivity index is 1.57. The Morgan fingerprint density at radius 1 is 1.14 bits per heavy atom. The van der Waals surface area contributed by atoms with Crippen molar-refractivity contribution in [2.75, 3.05) is 12.5 Å². The third kappa shape index (κ3) is 3.16. The molecule has 9 heteroatoms. The molecule has 0 aliphatic heterocycles. The lowest BCUT2D eigenvalue weighted by Crippen LogP contribution is -2.30. The summed E-state index contributed by atoms with van der Waals surface area (Å²) in [5.74, 6) is 0.118. The van der Waals surface area contributed by atoms with Crippen molar-refractivity contribution in [3.05, 3.63) is 66.6 Å². The van der Waals surface area contributed by atoms with E-state index in [1.807, 2.05) is 30.3 Å². The highest BCUT2D eigenvalue weighted by atomic mass is 16.5.